The number of carbonyl (C=O) groups excluding carboxylic acids is 1. The van der Waals surface area contributed by atoms with Crippen LogP contribution in [0.15, 0.2) is 97.1 Å². The van der Waals surface area contributed by atoms with Crippen molar-refractivity contribution in [1.82, 2.24) is 9.80 Å². The van der Waals surface area contributed by atoms with Crippen LogP contribution < -0.4 is 48.5 Å². The third kappa shape index (κ3) is 16.9. The Labute approximate surface area is 442 Å². The summed E-state index contributed by atoms with van der Waals surface area (Å²) in [6.07, 6.45) is 0.0147. The SMILES string of the molecule is CO.O=C(CN1CCCC(COc2ccc(OC(F)(F)F)cc2)C1)C1(c2ccc(Cl)cc2)CCC1.OC(CN1CCCC(COc2ccc(OC(F)(F)F)cc2)C1)C1(c2ccc(Cl)cc2)CCC1.[B].[H-].[Na+]. The van der Waals surface area contributed by atoms with Crippen LogP contribution in [0, 0.1) is 11.8 Å². The number of nitrogens with zero attached hydrogens (tertiary/aromatic N) is 2. The van der Waals surface area contributed by atoms with Crippen molar-refractivity contribution in [3.8, 4) is 23.0 Å². The number of piperidine rings is 2. The van der Waals surface area contributed by atoms with Gasteiger partial charge in [0.1, 0.15) is 23.0 Å². The van der Waals surface area contributed by atoms with E-state index in [4.69, 9.17) is 37.8 Å². The summed E-state index contributed by atoms with van der Waals surface area (Å²) < 4.78 is 93.1. The zero-order chi connectivity index (χ0) is 49.0. The monoisotopic (exact) mass is 1030 g/mol. The van der Waals surface area contributed by atoms with E-state index in [-0.39, 0.29) is 68.0 Å². The maximum atomic E-state index is 13.3. The molecule has 0 aromatic heterocycles. The Morgan fingerprint density at radius 2 is 1.04 bits per heavy atom. The third-order valence-corrected chi connectivity index (χ3v) is 14.0. The molecule has 4 fully saturated rings. The summed E-state index contributed by atoms with van der Waals surface area (Å²) in [5, 5.41) is 19.6. The van der Waals surface area contributed by atoms with E-state index in [0.717, 1.165) is 109 Å². The Hall–Kier alpha value is -3.19. The molecule has 70 heavy (non-hydrogen) atoms. The average Bonchev–Trinajstić information content (AvgIpc) is 3.27. The van der Waals surface area contributed by atoms with Crippen molar-refractivity contribution in [2.45, 2.75) is 93.9 Å². The molecule has 0 bridgehead atoms. The minimum Gasteiger partial charge on any atom is -1.00 e. The fourth-order valence-electron chi connectivity index (χ4n) is 9.74. The summed E-state index contributed by atoms with van der Waals surface area (Å²) >= 11 is 12.1. The van der Waals surface area contributed by atoms with Crippen LogP contribution in [0.1, 0.15) is 76.8 Å². The van der Waals surface area contributed by atoms with E-state index in [1.807, 2.05) is 48.5 Å². The first-order chi connectivity index (χ1) is 32.5. The van der Waals surface area contributed by atoms with E-state index >= 15 is 0 Å². The minimum atomic E-state index is -4.71. The molecular formula is C51H61BCl2F6N2NaO7. The number of β-amino-alcohol motifs (C(OH)–C–C–N with tert-alkyl or cyclic N) is 1. The standard InChI is InChI=1S/C25H29ClF3NO3.C25H27ClF3NO3.CH4O.B.Na.H/c2*26-20-6-4-19(5-7-20)24(12-2-13-24)23(31)16-30-14-1-3-18(15-30)17-32-21-8-10-22(11-9-21)33-25(27,28)29;1-2;;;/h4-11,18,23,31H,1-3,12-17H2;4-11,18H,1-3,12-17H2;2H,1H3;;;/q;;;;+1;-1. The number of benzene rings is 4. The predicted octanol–water partition coefficient (Wildman–Crippen LogP) is 8.18. The van der Waals surface area contributed by atoms with Gasteiger partial charge in [-0.3, -0.25) is 9.69 Å². The Morgan fingerprint density at radius 1 is 0.643 bits per heavy atom. The number of ether oxygens (including phenoxy) is 4. The molecule has 4 aromatic carbocycles. The van der Waals surface area contributed by atoms with Gasteiger partial charge in [0.2, 0.25) is 0 Å². The molecule has 2 saturated heterocycles. The van der Waals surface area contributed by atoms with Crippen LogP contribution in [0.5, 0.6) is 23.0 Å². The van der Waals surface area contributed by atoms with Gasteiger partial charge in [-0.2, -0.15) is 0 Å². The van der Waals surface area contributed by atoms with Crippen LogP contribution in [0.4, 0.5) is 26.3 Å². The van der Waals surface area contributed by atoms with Gasteiger partial charge in [-0.1, -0.05) is 60.3 Å². The van der Waals surface area contributed by atoms with Gasteiger partial charge in [0.25, 0.3) is 0 Å². The van der Waals surface area contributed by atoms with E-state index in [0.29, 0.717) is 53.8 Å². The van der Waals surface area contributed by atoms with Crippen molar-refractivity contribution < 1.29 is 91.3 Å². The molecule has 2 heterocycles. The normalized spacial score (nSPS) is 20.1. The van der Waals surface area contributed by atoms with E-state index in [2.05, 4.69) is 19.3 Å². The molecule has 3 radical (unpaired) electrons. The Balaban J connectivity index is 0.000000348. The van der Waals surface area contributed by atoms with Gasteiger partial charge in [0.05, 0.1) is 31.3 Å². The van der Waals surface area contributed by atoms with Crippen LogP contribution in [-0.2, 0) is 15.6 Å². The first-order valence-corrected chi connectivity index (χ1v) is 23.8. The van der Waals surface area contributed by atoms with E-state index in [1.165, 1.54) is 48.5 Å². The van der Waals surface area contributed by atoms with Gasteiger partial charge in [-0.05, 0) is 148 Å². The molecule has 4 aliphatic rings. The van der Waals surface area contributed by atoms with Crippen molar-refractivity contribution in [3.05, 3.63) is 118 Å². The van der Waals surface area contributed by atoms with Crippen molar-refractivity contribution >= 4 is 37.4 Å². The predicted molar refractivity (Wildman–Crippen MR) is 256 cm³/mol. The first-order valence-electron chi connectivity index (χ1n) is 23.1. The molecule has 3 atom stereocenters. The van der Waals surface area contributed by atoms with Crippen molar-refractivity contribution in [2.75, 3.05) is 59.6 Å². The number of rotatable bonds is 16. The number of alkyl halides is 6. The maximum Gasteiger partial charge on any atom is 1.00 e. The van der Waals surface area contributed by atoms with Gasteiger partial charge in [0.15, 0.2) is 5.78 Å². The maximum absolute atomic E-state index is 13.3. The molecular weight excluding hydrogens is 971 g/mol. The van der Waals surface area contributed by atoms with Crippen LogP contribution in [0.3, 0.4) is 0 Å². The largest absolute Gasteiger partial charge is 1.00 e. The summed E-state index contributed by atoms with van der Waals surface area (Å²) in [4.78, 5) is 17.8. The summed E-state index contributed by atoms with van der Waals surface area (Å²) in [6.45, 7) is 5.36. The first kappa shape index (κ1) is 59.4. The summed E-state index contributed by atoms with van der Waals surface area (Å²) in [5.41, 5.74) is 1.61. The second kappa shape index (κ2) is 27.2. The average molecular weight is 1030 g/mol. The summed E-state index contributed by atoms with van der Waals surface area (Å²) in [5.74, 6) is 1.28. The number of halogens is 8. The van der Waals surface area contributed by atoms with E-state index < -0.39 is 24.2 Å². The number of carbonyl (C=O) groups is 1. The molecule has 377 valence electrons. The Morgan fingerprint density at radius 3 is 1.44 bits per heavy atom. The molecule has 0 spiro atoms. The van der Waals surface area contributed by atoms with Gasteiger partial charge in [-0.15, -0.1) is 26.3 Å². The topological polar surface area (TPSA) is 101 Å². The van der Waals surface area contributed by atoms with Gasteiger partial charge >= 0.3 is 42.3 Å². The number of hydrogen-bond donors (Lipinski definition) is 2. The van der Waals surface area contributed by atoms with Crippen LogP contribution in [0.2, 0.25) is 10.0 Å². The van der Waals surface area contributed by atoms with Crippen molar-refractivity contribution in [2.24, 2.45) is 11.8 Å². The second-order valence-electron chi connectivity index (χ2n) is 18.1. The molecule has 4 aromatic rings. The van der Waals surface area contributed by atoms with Crippen LogP contribution in [0.25, 0.3) is 0 Å². The number of aliphatic hydroxyl groups is 2. The molecule has 2 N–H and O–H groups in total. The molecule has 2 aliphatic heterocycles. The molecule has 0 amide bonds. The number of Topliss-reactive ketones (excluding diaryl/α,β-unsaturated/α-hetero) is 1. The second-order valence-corrected chi connectivity index (χ2v) is 18.9. The molecule has 2 saturated carbocycles. The molecule has 8 rings (SSSR count). The third-order valence-electron chi connectivity index (χ3n) is 13.5. The fourth-order valence-corrected chi connectivity index (χ4v) is 9.99. The summed E-state index contributed by atoms with van der Waals surface area (Å²) in [6, 6.07) is 26.4. The Kier molecular flexibility index (Phi) is 23.1. The van der Waals surface area contributed by atoms with Crippen LogP contribution in [-0.4, -0.2) is 113 Å². The molecule has 19 heteroatoms. The zero-order valence-corrected chi connectivity index (χ0v) is 43.1. The molecule has 2 aliphatic carbocycles. The van der Waals surface area contributed by atoms with E-state index in [1.54, 1.807) is 0 Å². The number of aliphatic hydroxyl groups excluding tert-OH is 2. The van der Waals surface area contributed by atoms with Crippen molar-refractivity contribution in [3.63, 3.8) is 0 Å². The Bertz CT molecular complexity index is 2180. The van der Waals surface area contributed by atoms with Crippen molar-refractivity contribution in [1.29, 1.82) is 0 Å². The van der Waals surface area contributed by atoms with Gasteiger partial charge in [0, 0.05) is 62.5 Å². The number of ketones is 1. The van der Waals surface area contributed by atoms with Crippen LogP contribution >= 0.6 is 23.2 Å². The smallest absolute Gasteiger partial charge is 1.00 e. The summed E-state index contributed by atoms with van der Waals surface area (Å²) in [7, 11) is 1.00. The zero-order valence-electron chi connectivity index (χ0n) is 40.6. The molecule has 3 unspecified atom stereocenters. The van der Waals surface area contributed by atoms with Gasteiger partial charge < -0.3 is 35.5 Å². The number of likely N-dealkylation sites (tertiary alicyclic amines) is 2. The fraction of sp³-hybridized carbons (Fsp3) is 0.510. The van der Waals surface area contributed by atoms with E-state index in [9.17, 15) is 36.2 Å². The molecule has 9 nitrogen and oxygen atoms in total. The quantitative estimate of drug-likeness (QED) is 0.0851. The number of hydrogen-bond acceptors (Lipinski definition) is 9. The minimum absolute atomic E-state index is 0. The van der Waals surface area contributed by atoms with Gasteiger partial charge in [-0.25, -0.2) is 0 Å².